The van der Waals surface area contributed by atoms with Crippen LogP contribution in [0.2, 0.25) is 0 Å². The van der Waals surface area contributed by atoms with Gasteiger partial charge in [-0.05, 0) is 40.8 Å². The van der Waals surface area contributed by atoms with Gasteiger partial charge in [-0.25, -0.2) is 19.7 Å². The van der Waals surface area contributed by atoms with Gasteiger partial charge in [0.05, 0.1) is 24.5 Å². The quantitative estimate of drug-likeness (QED) is 0.457. The molecular formula is C17H23BrN4OS. The Morgan fingerprint density at radius 3 is 2.75 bits per heavy atom. The Bertz CT molecular complexity index is 850. The van der Waals surface area contributed by atoms with E-state index in [9.17, 15) is 0 Å². The first-order chi connectivity index (χ1) is 11.3. The molecule has 24 heavy (non-hydrogen) atoms. The van der Waals surface area contributed by atoms with Crippen LogP contribution >= 0.6 is 26.0 Å². The third-order valence-corrected chi connectivity index (χ3v) is 5.68. The molecule has 3 heterocycles. The summed E-state index contributed by atoms with van der Waals surface area (Å²) in [4.78, 5) is 4.31. The van der Waals surface area contributed by atoms with E-state index in [2.05, 4.69) is 55.5 Å². The minimum absolute atomic E-state index is 0.492. The fourth-order valence-corrected chi connectivity index (χ4v) is 3.47. The van der Waals surface area contributed by atoms with E-state index >= 15 is 0 Å². The van der Waals surface area contributed by atoms with E-state index in [1.807, 2.05) is 36.4 Å². The Kier molecular flexibility index (Phi) is 5.03. The fraction of sp³-hybridized carbons (Fsp3) is 0.412. The maximum absolute atomic E-state index is 5.76. The molecule has 0 saturated heterocycles. The van der Waals surface area contributed by atoms with Gasteiger partial charge in [0.15, 0.2) is 0 Å². The second-order valence-electron chi connectivity index (χ2n) is 6.78. The summed E-state index contributed by atoms with van der Waals surface area (Å²) < 4.78 is 10.5. The molecule has 0 amide bonds. The molecule has 0 saturated carbocycles. The molecule has 7 heteroatoms. The first kappa shape index (κ1) is 17.5. The molecule has 0 unspecified atom stereocenters. The highest BCUT2D eigenvalue weighted by atomic mass is 79.9. The summed E-state index contributed by atoms with van der Waals surface area (Å²) in [6.07, 6.45) is 14.8. The van der Waals surface area contributed by atoms with Gasteiger partial charge in [0.25, 0.3) is 0 Å². The SMILES string of the molecule is Cn1cc(-c2cnn(COCCS(C)(C)C)c2)c2cc(Br)ncc21. The van der Waals surface area contributed by atoms with Crippen molar-refractivity contribution in [2.24, 2.45) is 7.05 Å². The van der Waals surface area contributed by atoms with Crippen molar-refractivity contribution < 1.29 is 4.74 Å². The summed E-state index contributed by atoms with van der Waals surface area (Å²) in [5.41, 5.74) is 3.34. The molecule has 130 valence electrons. The molecule has 5 nitrogen and oxygen atoms in total. The van der Waals surface area contributed by atoms with Crippen molar-refractivity contribution in [3.63, 3.8) is 0 Å². The van der Waals surface area contributed by atoms with Crippen molar-refractivity contribution in [3.8, 4) is 11.1 Å². The lowest BCUT2D eigenvalue weighted by Crippen LogP contribution is -2.10. The number of aromatic nitrogens is 4. The van der Waals surface area contributed by atoms with Crippen molar-refractivity contribution in [1.82, 2.24) is 19.3 Å². The van der Waals surface area contributed by atoms with Crippen LogP contribution in [-0.2, 0) is 18.5 Å². The zero-order chi connectivity index (χ0) is 17.3. The van der Waals surface area contributed by atoms with E-state index in [0.717, 1.165) is 39.0 Å². The number of nitrogens with zero attached hydrogens (tertiary/aromatic N) is 4. The van der Waals surface area contributed by atoms with Gasteiger partial charge >= 0.3 is 0 Å². The summed E-state index contributed by atoms with van der Waals surface area (Å²) in [7, 11) is 1.52. The van der Waals surface area contributed by atoms with Crippen molar-refractivity contribution in [2.45, 2.75) is 6.73 Å². The molecule has 3 aromatic rings. The summed E-state index contributed by atoms with van der Waals surface area (Å²) in [6.45, 7) is 1.27. The molecule has 0 aromatic carbocycles. The molecule has 0 N–H and O–H groups in total. The minimum Gasteiger partial charge on any atom is -0.358 e. The first-order valence-electron chi connectivity index (χ1n) is 7.71. The Hall–Kier alpha value is -1.31. The number of halogens is 1. The van der Waals surface area contributed by atoms with Gasteiger partial charge < -0.3 is 9.30 Å². The molecule has 3 aromatic heterocycles. The third-order valence-electron chi connectivity index (χ3n) is 3.85. The van der Waals surface area contributed by atoms with E-state index < -0.39 is 10.0 Å². The standard InChI is InChI=1S/C17H23BrN4OS/c1-21-11-15(14-7-17(18)19-9-16(14)21)13-8-20-22(10-13)12-23-5-6-24(2,3)4/h7-11H,5-6,12H2,1-4H3. The van der Waals surface area contributed by atoms with Crippen LogP contribution in [0.3, 0.4) is 0 Å². The van der Waals surface area contributed by atoms with Crippen molar-refractivity contribution in [3.05, 3.63) is 35.5 Å². The third kappa shape index (κ3) is 4.02. The molecule has 0 aliphatic rings. The topological polar surface area (TPSA) is 44.9 Å². The van der Waals surface area contributed by atoms with Crippen LogP contribution in [-0.4, -0.2) is 50.5 Å². The average Bonchev–Trinajstić information content (AvgIpc) is 3.07. The summed E-state index contributed by atoms with van der Waals surface area (Å²) in [5, 5.41) is 5.59. The van der Waals surface area contributed by atoms with Gasteiger partial charge in [-0.1, -0.05) is 0 Å². The zero-order valence-electron chi connectivity index (χ0n) is 14.5. The normalized spacial score (nSPS) is 12.9. The van der Waals surface area contributed by atoms with Crippen LogP contribution < -0.4 is 0 Å². The van der Waals surface area contributed by atoms with E-state index in [-0.39, 0.29) is 0 Å². The predicted molar refractivity (Wildman–Crippen MR) is 106 cm³/mol. The number of hydrogen-bond acceptors (Lipinski definition) is 3. The van der Waals surface area contributed by atoms with Crippen LogP contribution in [0, 0.1) is 0 Å². The van der Waals surface area contributed by atoms with Gasteiger partial charge in [0.2, 0.25) is 0 Å². The van der Waals surface area contributed by atoms with Crippen molar-refractivity contribution in [1.29, 1.82) is 0 Å². The van der Waals surface area contributed by atoms with Crippen LogP contribution in [0.4, 0.5) is 0 Å². The van der Waals surface area contributed by atoms with Crippen LogP contribution in [0.5, 0.6) is 0 Å². The highest BCUT2D eigenvalue weighted by Crippen LogP contribution is 2.33. The lowest BCUT2D eigenvalue weighted by molar-refractivity contribution is 0.0809. The summed E-state index contributed by atoms with van der Waals surface area (Å²) >= 11 is 3.45. The van der Waals surface area contributed by atoms with Crippen molar-refractivity contribution >= 4 is 36.9 Å². The van der Waals surface area contributed by atoms with Gasteiger partial charge in [0.1, 0.15) is 11.3 Å². The lowest BCUT2D eigenvalue weighted by Gasteiger charge is -2.24. The van der Waals surface area contributed by atoms with E-state index in [1.165, 1.54) is 0 Å². The highest BCUT2D eigenvalue weighted by molar-refractivity contribution is 9.10. The second kappa shape index (κ2) is 6.90. The number of fused-ring (bicyclic) bond motifs is 1. The molecule has 0 aliphatic carbocycles. The monoisotopic (exact) mass is 410 g/mol. The molecule has 0 aliphatic heterocycles. The number of rotatable bonds is 6. The van der Waals surface area contributed by atoms with Gasteiger partial charge in [-0.2, -0.15) is 5.10 Å². The van der Waals surface area contributed by atoms with Crippen molar-refractivity contribution in [2.75, 3.05) is 31.1 Å². The molecule has 0 spiro atoms. The van der Waals surface area contributed by atoms with Gasteiger partial charge in [-0.15, -0.1) is 0 Å². The van der Waals surface area contributed by atoms with Crippen LogP contribution in [0.25, 0.3) is 22.0 Å². The second-order valence-corrected chi connectivity index (χ2v) is 12.2. The fourth-order valence-electron chi connectivity index (χ4n) is 2.52. The Morgan fingerprint density at radius 1 is 1.21 bits per heavy atom. The van der Waals surface area contributed by atoms with Crippen LogP contribution in [0.15, 0.2) is 35.5 Å². The molecule has 3 rings (SSSR count). The lowest BCUT2D eigenvalue weighted by atomic mass is 10.1. The molecule has 0 fully saturated rings. The van der Waals surface area contributed by atoms with E-state index in [1.54, 1.807) is 0 Å². The smallest absolute Gasteiger partial charge is 0.139 e. The Balaban J connectivity index is 1.75. The zero-order valence-corrected chi connectivity index (χ0v) is 16.9. The highest BCUT2D eigenvalue weighted by Gasteiger charge is 2.11. The maximum Gasteiger partial charge on any atom is 0.139 e. The maximum atomic E-state index is 5.76. The average molecular weight is 411 g/mol. The Morgan fingerprint density at radius 2 is 2.00 bits per heavy atom. The number of pyridine rings is 1. The summed E-state index contributed by atoms with van der Waals surface area (Å²) in [6, 6.07) is 2.05. The van der Waals surface area contributed by atoms with Gasteiger partial charge in [0, 0.05) is 41.7 Å². The summed E-state index contributed by atoms with van der Waals surface area (Å²) in [5.74, 6) is 1.12. The molecule has 0 bridgehead atoms. The molecule has 0 atom stereocenters. The Labute approximate surface area is 152 Å². The largest absolute Gasteiger partial charge is 0.358 e. The van der Waals surface area contributed by atoms with E-state index in [0.29, 0.717) is 6.73 Å². The van der Waals surface area contributed by atoms with E-state index in [4.69, 9.17) is 4.74 Å². The van der Waals surface area contributed by atoms with Gasteiger partial charge in [-0.3, -0.25) is 0 Å². The first-order valence-corrected chi connectivity index (χ1v) is 11.5. The van der Waals surface area contributed by atoms with Crippen LogP contribution in [0.1, 0.15) is 0 Å². The number of hydrogen-bond donors (Lipinski definition) is 0. The predicted octanol–water partition coefficient (Wildman–Crippen LogP) is 3.87. The molecule has 0 radical (unpaired) electrons. The number of ether oxygens (including phenoxy) is 1. The number of aryl methyl sites for hydroxylation is 1. The molecular weight excluding hydrogens is 388 g/mol. The minimum atomic E-state index is -0.510.